The lowest BCUT2D eigenvalue weighted by Gasteiger charge is -2.01. The third-order valence-electron chi connectivity index (χ3n) is 0.992. The fourth-order valence-electron chi connectivity index (χ4n) is 0.569. The molecule has 5 heteroatoms. The van der Waals surface area contributed by atoms with Crippen LogP contribution < -0.4 is 0 Å². The molecule has 0 fully saturated rings. The van der Waals surface area contributed by atoms with Gasteiger partial charge in [0.25, 0.3) is 0 Å². The van der Waals surface area contributed by atoms with Crippen molar-refractivity contribution in [2.24, 2.45) is 4.99 Å². The summed E-state index contributed by atoms with van der Waals surface area (Å²) in [4.78, 5) is 14.3. The fraction of sp³-hybridized carbons (Fsp3) is 0.500. The topological polar surface area (TPSA) is 58.7 Å². The molecule has 1 aliphatic heterocycles. The van der Waals surface area contributed by atoms with Crippen molar-refractivity contribution in [3.8, 4) is 0 Å². The van der Waals surface area contributed by atoms with Crippen molar-refractivity contribution in [2.75, 3.05) is 13.6 Å². The lowest BCUT2D eigenvalue weighted by molar-refractivity contribution is -0.361. The largest absolute Gasteiger partial charge is 0.425 e. The zero-order chi connectivity index (χ0) is 6.85. The number of hydrogen-bond acceptors (Lipinski definition) is 4. The van der Waals surface area contributed by atoms with Gasteiger partial charge < -0.3 is 10.1 Å². The normalized spacial score (nSPS) is 17.9. The lowest BCUT2D eigenvalue weighted by Crippen LogP contribution is -2.26. The Hall–Kier alpha value is -1.13. The number of aliphatic imine (C=N–C) groups is 1. The van der Waals surface area contributed by atoms with Gasteiger partial charge in [-0.3, -0.25) is 0 Å². The van der Waals surface area contributed by atoms with E-state index in [0.717, 1.165) is 0 Å². The van der Waals surface area contributed by atoms with Gasteiger partial charge in [0, 0.05) is 0 Å². The van der Waals surface area contributed by atoms with E-state index in [-0.39, 0.29) is 5.96 Å². The zero-order valence-corrected chi connectivity index (χ0v) is 4.87. The molecule has 0 saturated heterocycles. The first-order valence-corrected chi connectivity index (χ1v) is 2.38. The summed E-state index contributed by atoms with van der Waals surface area (Å²) in [5.74, 6) is -0.130. The second-order valence-corrected chi connectivity index (χ2v) is 1.59. The Morgan fingerprint density at radius 2 is 2.67 bits per heavy atom. The molecule has 5 nitrogen and oxygen atoms in total. The minimum absolute atomic E-state index is 0.130. The minimum atomic E-state index is -0.528. The second kappa shape index (κ2) is 2.00. The van der Waals surface area contributed by atoms with Crippen LogP contribution in [0.5, 0.6) is 0 Å². The van der Waals surface area contributed by atoms with E-state index in [9.17, 15) is 10.1 Å². The van der Waals surface area contributed by atoms with Gasteiger partial charge >= 0.3 is 5.96 Å². The van der Waals surface area contributed by atoms with Crippen LogP contribution in [0.3, 0.4) is 0 Å². The van der Waals surface area contributed by atoms with Gasteiger partial charge in [0.2, 0.25) is 6.54 Å². The predicted octanol–water partition coefficient (Wildman–Crippen LogP) is -0.397. The van der Waals surface area contributed by atoms with Crippen molar-refractivity contribution in [1.29, 1.82) is 0 Å². The van der Waals surface area contributed by atoms with Crippen molar-refractivity contribution in [3.63, 3.8) is 0 Å². The molecule has 0 aromatic heterocycles. The zero-order valence-electron chi connectivity index (χ0n) is 4.87. The van der Waals surface area contributed by atoms with Gasteiger partial charge in [-0.2, -0.15) is 0 Å². The molecule has 0 amide bonds. The van der Waals surface area contributed by atoms with Gasteiger partial charge in [-0.1, -0.05) is 0 Å². The molecular weight excluding hydrogens is 122 g/mol. The highest BCUT2D eigenvalue weighted by atomic mass is 16.6. The van der Waals surface area contributed by atoms with Gasteiger partial charge in [-0.15, -0.1) is 4.99 Å². The second-order valence-electron chi connectivity index (χ2n) is 1.59. The third-order valence-corrected chi connectivity index (χ3v) is 0.992. The third kappa shape index (κ3) is 0.984. The molecule has 0 N–H and O–H groups in total. The Morgan fingerprint density at radius 1 is 2.00 bits per heavy atom. The SMILES string of the molecule is CN1[C]CN=C1[N+](=O)[O-]. The van der Waals surface area contributed by atoms with Crippen LogP contribution in [0.25, 0.3) is 0 Å². The molecule has 1 heterocycles. The van der Waals surface area contributed by atoms with Gasteiger partial charge in [-0.05, 0) is 4.92 Å². The van der Waals surface area contributed by atoms with E-state index < -0.39 is 4.92 Å². The molecule has 1 rings (SSSR count). The van der Waals surface area contributed by atoms with Crippen LogP contribution in [0.1, 0.15) is 0 Å². The Morgan fingerprint density at radius 3 is 2.89 bits per heavy atom. The van der Waals surface area contributed by atoms with Crippen LogP contribution in [-0.2, 0) is 0 Å². The number of rotatable bonds is 0. The average Bonchev–Trinajstić information content (AvgIpc) is 2.13. The van der Waals surface area contributed by atoms with Gasteiger partial charge in [-0.25, -0.2) is 4.90 Å². The maximum Gasteiger partial charge on any atom is 0.425 e. The molecule has 48 valence electrons. The van der Waals surface area contributed by atoms with Crippen LogP contribution in [0.15, 0.2) is 4.99 Å². The van der Waals surface area contributed by atoms with Crippen LogP contribution >= 0.6 is 0 Å². The number of likely N-dealkylation sites (N-methyl/N-ethyl adjacent to an activating group) is 1. The summed E-state index contributed by atoms with van der Waals surface area (Å²) in [6.07, 6.45) is 0. The number of guanidine groups is 1. The van der Waals surface area contributed by atoms with E-state index in [1.165, 1.54) is 4.90 Å². The molecule has 1 aliphatic rings. The van der Waals surface area contributed by atoms with Crippen molar-refractivity contribution < 1.29 is 4.92 Å². The van der Waals surface area contributed by atoms with Crippen LogP contribution in [0.2, 0.25) is 0 Å². The first kappa shape index (κ1) is 6.00. The minimum Gasteiger partial charge on any atom is -0.390 e. The van der Waals surface area contributed by atoms with Crippen LogP contribution in [-0.4, -0.2) is 29.4 Å². The maximum absolute atomic E-state index is 10.0. The Kier molecular flexibility index (Phi) is 1.33. The first-order valence-electron chi connectivity index (χ1n) is 2.38. The van der Waals surface area contributed by atoms with E-state index in [4.69, 9.17) is 0 Å². The van der Waals surface area contributed by atoms with E-state index in [0.29, 0.717) is 6.54 Å². The standard InChI is InChI=1S/C4H5N3O2/c1-6-3-2-5-4(6)7(8)9/h2H2,1H3. The lowest BCUT2D eigenvalue weighted by atomic mass is 10.6. The molecule has 0 saturated carbocycles. The molecule has 0 unspecified atom stereocenters. The number of nitro groups is 1. The fourth-order valence-corrected chi connectivity index (χ4v) is 0.569. The number of hydrogen-bond donors (Lipinski definition) is 0. The summed E-state index contributed by atoms with van der Waals surface area (Å²) in [5, 5.41) is 10.0. The molecule has 9 heavy (non-hydrogen) atoms. The first-order chi connectivity index (χ1) is 4.22. The van der Waals surface area contributed by atoms with Gasteiger partial charge in [0.15, 0.2) is 0 Å². The van der Waals surface area contributed by atoms with Crippen molar-refractivity contribution in [2.45, 2.75) is 0 Å². The van der Waals surface area contributed by atoms with E-state index >= 15 is 0 Å². The summed E-state index contributed by atoms with van der Waals surface area (Å²) in [5.41, 5.74) is 0. The Balaban J connectivity index is 2.68. The van der Waals surface area contributed by atoms with Crippen molar-refractivity contribution >= 4 is 5.96 Å². The van der Waals surface area contributed by atoms with Gasteiger partial charge in [0.05, 0.1) is 7.05 Å². The van der Waals surface area contributed by atoms with E-state index in [1.807, 2.05) is 0 Å². The monoisotopic (exact) mass is 127 g/mol. The molecular formula is C4H5N3O2. The molecule has 0 spiro atoms. The van der Waals surface area contributed by atoms with Crippen molar-refractivity contribution in [3.05, 3.63) is 16.7 Å². The number of nitrogens with zero attached hydrogens (tertiary/aromatic N) is 3. The highest BCUT2D eigenvalue weighted by molar-refractivity contribution is 5.74. The quantitative estimate of drug-likeness (QED) is 0.328. The Bertz CT molecular complexity index is 165. The summed E-state index contributed by atoms with van der Waals surface area (Å²) in [6.45, 7) is 2.94. The molecule has 0 aliphatic carbocycles. The predicted molar refractivity (Wildman–Crippen MR) is 30.3 cm³/mol. The molecule has 0 aromatic rings. The van der Waals surface area contributed by atoms with E-state index in [1.54, 1.807) is 7.05 Å². The molecule has 0 aromatic carbocycles. The molecule has 0 bridgehead atoms. The highest BCUT2D eigenvalue weighted by Gasteiger charge is 2.25. The van der Waals surface area contributed by atoms with E-state index in [2.05, 4.69) is 11.5 Å². The molecule has 0 atom stereocenters. The summed E-state index contributed by atoms with van der Waals surface area (Å²) >= 11 is 0. The molecule has 2 radical (unpaired) electrons. The highest BCUT2D eigenvalue weighted by Crippen LogP contribution is 2.01. The Labute approximate surface area is 52.1 Å². The summed E-state index contributed by atoms with van der Waals surface area (Å²) in [7, 11) is 1.55. The summed E-state index contributed by atoms with van der Waals surface area (Å²) in [6, 6.07) is 0. The smallest absolute Gasteiger partial charge is 0.390 e. The maximum atomic E-state index is 10.0. The van der Waals surface area contributed by atoms with Crippen molar-refractivity contribution in [1.82, 2.24) is 4.90 Å². The van der Waals surface area contributed by atoms with Crippen LogP contribution in [0, 0.1) is 16.7 Å². The van der Waals surface area contributed by atoms with Gasteiger partial charge in [0.1, 0.15) is 6.54 Å². The summed E-state index contributed by atoms with van der Waals surface area (Å²) < 4.78 is 0. The average molecular weight is 127 g/mol. The van der Waals surface area contributed by atoms with Crippen LogP contribution in [0.4, 0.5) is 0 Å².